The first-order chi connectivity index (χ1) is 8.43. The molecule has 0 fully saturated rings. The van der Waals surface area contributed by atoms with E-state index in [1.807, 2.05) is 0 Å². The lowest BCUT2D eigenvalue weighted by Gasteiger charge is -2.12. The number of amides is 2. The zero-order valence-corrected chi connectivity index (χ0v) is 11.4. The second-order valence-corrected chi connectivity index (χ2v) is 4.47. The highest BCUT2D eigenvalue weighted by Crippen LogP contribution is 2.27. The number of hydrogen-bond acceptors (Lipinski definition) is 4. The van der Waals surface area contributed by atoms with Crippen molar-refractivity contribution in [3.8, 4) is 5.75 Å². The smallest absolute Gasteiger partial charge is 0.241 e. The van der Waals surface area contributed by atoms with Crippen LogP contribution in [-0.4, -0.2) is 25.0 Å². The molecule has 1 aromatic rings. The van der Waals surface area contributed by atoms with E-state index in [1.54, 1.807) is 18.2 Å². The summed E-state index contributed by atoms with van der Waals surface area (Å²) < 4.78 is 5.86. The van der Waals surface area contributed by atoms with Gasteiger partial charge in [0.25, 0.3) is 0 Å². The first-order valence-electron chi connectivity index (χ1n) is 5.12. The third-order valence-corrected chi connectivity index (χ3v) is 2.83. The minimum Gasteiger partial charge on any atom is -0.495 e. The van der Waals surface area contributed by atoms with Gasteiger partial charge in [-0.3, -0.25) is 9.59 Å². The van der Waals surface area contributed by atoms with Crippen LogP contribution in [0.1, 0.15) is 6.42 Å². The van der Waals surface area contributed by atoms with Crippen molar-refractivity contribution in [3.05, 3.63) is 22.7 Å². The minimum atomic E-state index is -0.961. The van der Waals surface area contributed by atoms with E-state index in [2.05, 4.69) is 21.2 Å². The molecule has 2 amide bonds. The fourth-order valence-corrected chi connectivity index (χ4v) is 1.69. The number of carbonyl (C=O) groups is 2. The molecule has 0 aromatic heterocycles. The van der Waals surface area contributed by atoms with E-state index in [-0.39, 0.29) is 6.42 Å². The topological polar surface area (TPSA) is 107 Å². The molecular formula is C11H14BrN3O3. The number of anilines is 1. The molecule has 0 aliphatic carbocycles. The molecule has 0 saturated heterocycles. The van der Waals surface area contributed by atoms with Crippen LogP contribution in [0.3, 0.4) is 0 Å². The molecule has 1 atom stereocenters. The molecule has 1 rings (SSSR count). The van der Waals surface area contributed by atoms with Gasteiger partial charge in [-0.25, -0.2) is 0 Å². The van der Waals surface area contributed by atoms with Crippen molar-refractivity contribution in [2.24, 2.45) is 11.5 Å². The molecule has 0 aliphatic heterocycles. The summed E-state index contributed by atoms with van der Waals surface area (Å²) in [5.41, 5.74) is 11.0. The lowest BCUT2D eigenvalue weighted by Crippen LogP contribution is -2.38. The van der Waals surface area contributed by atoms with Crippen molar-refractivity contribution in [2.45, 2.75) is 12.5 Å². The van der Waals surface area contributed by atoms with Crippen LogP contribution >= 0.6 is 15.9 Å². The van der Waals surface area contributed by atoms with Crippen LogP contribution in [0.15, 0.2) is 22.7 Å². The maximum Gasteiger partial charge on any atom is 0.241 e. The summed E-state index contributed by atoms with van der Waals surface area (Å²) in [4.78, 5) is 22.3. The van der Waals surface area contributed by atoms with E-state index in [1.165, 1.54) is 7.11 Å². The molecule has 7 heteroatoms. The van der Waals surface area contributed by atoms with E-state index in [0.29, 0.717) is 11.4 Å². The van der Waals surface area contributed by atoms with Gasteiger partial charge < -0.3 is 21.5 Å². The molecule has 0 aliphatic rings. The second-order valence-electron chi connectivity index (χ2n) is 3.62. The number of ether oxygens (including phenoxy) is 1. The molecule has 0 saturated carbocycles. The molecule has 5 N–H and O–H groups in total. The number of primary amides is 1. The molecule has 98 valence electrons. The van der Waals surface area contributed by atoms with E-state index >= 15 is 0 Å². The summed E-state index contributed by atoms with van der Waals surface area (Å²) >= 11 is 3.29. The largest absolute Gasteiger partial charge is 0.495 e. The molecule has 0 spiro atoms. The second kappa shape index (κ2) is 6.36. The van der Waals surface area contributed by atoms with Crippen LogP contribution in [0.2, 0.25) is 0 Å². The maximum absolute atomic E-state index is 11.6. The highest BCUT2D eigenvalue weighted by molar-refractivity contribution is 9.10. The zero-order chi connectivity index (χ0) is 13.7. The van der Waals surface area contributed by atoms with Gasteiger partial charge in [-0.05, 0) is 28.1 Å². The predicted molar refractivity (Wildman–Crippen MR) is 71.1 cm³/mol. The molecular weight excluding hydrogens is 302 g/mol. The highest BCUT2D eigenvalue weighted by atomic mass is 79.9. The van der Waals surface area contributed by atoms with Gasteiger partial charge in [-0.2, -0.15) is 0 Å². The third kappa shape index (κ3) is 4.01. The molecule has 0 heterocycles. The Hall–Kier alpha value is -1.60. The highest BCUT2D eigenvalue weighted by Gasteiger charge is 2.16. The number of carbonyl (C=O) groups excluding carboxylic acids is 2. The fraction of sp³-hybridized carbons (Fsp3) is 0.273. The van der Waals surface area contributed by atoms with Gasteiger partial charge >= 0.3 is 0 Å². The standard InChI is InChI=1S/C11H14BrN3O3/c1-18-9-4-6(2-3-7(9)12)15-11(17)8(13)5-10(14)16/h2-4,8H,5,13H2,1H3,(H2,14,16)(H,15,17). The van der Waals surface area contributed by atoms with Crippen molar-refractivity contribution >= 4 is 33.4 Å². The average Bonchev–Trinajstić information content (AvgIpc) is 2.30. The van der Waals surface area contributed by atoms with Crippen LogP contribution in [-0.2, 0) is 9.59 Å². The Bertz CT molecular complexity index is 465. The van der Waals surface area contributed by atoms with Crippen LogP contribution in [0, 0.1) is 0 Å². The third-order valence-electron chi connectivity index (χ3n) is 2.18. The molecule has 1 unspecified atom stereocenters. The number of nitrogens with two attached hydrogens (primary N) is 2. The Morgan fingerprint density at radius 1 is 1.50 bits per heavy atom. The van der Waals surface area contributed by atoms with Crippen LogP contribution < -0.4 is 21.5 Å². The Kier molecular flexibility index (Phi) is 5.11. The summed E-state index contributed by atoms with van der Waals surface area (Å²) in [6.07, 6.45) is -0.195. The number of methoxy groups -OCH3 is 1. The average molecular weight is 316 g/mol. The summed E-state index contributed by atoms with van der Waals surface area (Å²) in [6.45, 7) is 0. The van der Waals surface area contributed by atoms with Gasteiger partial charge in [0.2, 0.25) is 11.8 Å². The molecule has 1 aromatic carbocycles. The van der Waals surface area contributed by atoms with Gasteiger partial charge in [-0.15, -0.1) is 0 Å². The van der Waals surface area contributed by atoms with E-state index in [0.717, 1.165) is 4.47 Å². The normalized spacial score (nSPS) is 11.7. The number of hydrogen-bond donors (Lipinski definition) is 3. The van der Waals surface area contributed by atoms with E-state index in [4.69, 9.17) is 16.2 Å². The summed E-state index contributed by atoms with van der Waals surface area (Å²) in [5, 5.41) is 2.58. The Morgan fingerprint density at radius 2 is 2.17 bits per heavy atom. The van der Waals surface area contributed by atoms with Crippen molar-refractivity contribution in [2.75, 3.05) is 12.4 Å². The Labute approximate surface area is 113 Å². The van der Waals surface area contributed by atoms with Crippen LogP contribution in [0.4, 0.5) is 5.69 Å². The van der Waals surface area contributed by atoms with Crippen molar-refractivity contribution in [3.63, 3.8) is 0 Å². The lowest BCUT2D eigenvalue weighted by atomic mass is 10.2. The van der Waals surface area contributed by atoms with Gasteiger partial charge in [0.15, 0.2) is 0 Å². The van der Waals surface area contributed by atoms with E-state index in [9.17, 15) is 9.59 Å². The lowest BCUT2D eigenvalue weighted by molar-refractivity contribution is -0.123. The number of nitrogens with one attached hydrogen (secondary N) is 1. The van der Waals surface area contributed by atoms with Crippen LogP contribution in [0.25, 0.3) is 0 Å². The number of halogens is 1. The molecule has 0 bridgehead atoms. The van der Waals surface area contributed by atoms with Gasteiger partial charge in [0, 0.05) is 11.8 Å². The Morgan fingerprint density at radius 3 is 2.72 bits per heavy atom. The zero-order valence-electron chi connectivity index (χ0n) is 9.77. The summed E-state index contributed by atoms with van der Waals surface area (Å²) in [5.74, 6) is -0.513. The summed E-state index contributed by atoms with van der Waals surface area (Å²) in [6, 6.07) is 4.09. The number of benzene rings is 1. The first-order valence-corrected chi connectivity index (χ1v) is 5.91. The van der Waals surface area contributed by atoms with Crippen molar-refractivity contribution < 1.29 is 14.3 Å². The van der Waals surface area contributed by atoms with Gasteiger partial charge in [0.05, 0.1) is 24.0 Å². The molecule has 6 nitrogen and oxygen atoms in total. The molecule has 0 radical (unpaired) electrons. The van der Waals surface area contributed by atoms with Gasteiger partial charge in [-0.1, -0.05) is 0 Å². The molecule has 18 heavy (non-hydrogen) atoms. The predicted octanol–water partition coefficient (Wildman–Crippen LogP) is 0.599. The fourth-order valence-electron chi connectivity index (χ4n) is 1.28. The quantitative estimate of drug-likeness (QED) is 0.739. The van der Waals surface area contributed by atoms with Crippen molar-refractivity contribution in [1.82, 2.24) is 0 Å². The Balaban J connectivity index is 2.72. The van der Waals surface area contributed by atoms with Gasteiger partial charge in [0.1, 0.15) is 5.75 Å². The van der Waals surface area contributed by atoms with Crippen LogP contribution in [0.5, 0.6) is 5.75 Å². The monoisotopic (exact) mass is 315 g/mol. The van der Waals surface area contributed by atoms with E-state index < -0.39 is 17.9 Å². The summed E-state index contributed by atoms with van der Waals surface area (Å²) in [7, 11) is 1.52. The minimum absolute atomic E-state index is 0.195. The number of rotatable bonds is 5. The first kappa shape index (κ1) is 14.5. The maximum atomic E-state index is 11.6. The SMILES string of the molecule is COc1cc(NC(=O)C(N)CC(N)=O)ccc1Br. The van der Waals surface area contributed by atoms with Crippen molar-refractivity contribution in [1.29, 1.82) is 0 Å².